The molecule has 3 nitrogen and oxygen atoms in total. The van der Waals surface area contributed by atoms with E-state index in [1.165, 1.54) is 0 Å². The van der Waals surface area contributed by atoms with Gasteiger partial charge < -0.3 is 14.7 Å². The van der Waals surface area contributed by atoms with Crippen LogP contribution in [0.4, 0.5) is 5.69 Å². The van der Waals surface area contributed by atoms with Crippen LogP contribution in [0.1, 0.15) is 25.3 Å². The largest absolute Gasteiger partial charge is 0.392 e. The van der Waals surface area contributed by atoms with Crippen molar-refractivity contribution in [3.63, 3.8) is 0 Å². The fourth-order valence-corrected chi connectivity index (χ4v) is 2.56. The van der Waals surface area contributed by atoms with Crippen LogP contribution in [0, 0.1) is 0 Å². The van der Waals surface area contributed by atoms with E-state index in [1.54, 1.807) is 0 Å². The van der Waals surface area contributed by atoms with Crippen molar-refractivity contribution in [1.82, 2.24) is 0 Å². The van der Waals surface area contributed by atoms with Gasteiger partial charge in [0.25, 0.3) is 0 Å². The highest BCUT2D eigenvalue weighted by Crippen LogP contribution is 2.26. The Balaban J connectivity index is 2.17. The maximum Gasteiger partial charge on any atom is 0.0750 e. The highest BCUT2D eigenvalue weighted by molar-refractivity contribution is 6.30. The Bertz CT molecular complexity index is 391. The molecule has 1 aromatic carbocycles. The van der Waals surface area contributed by atoms with Gasteiger partial charge in [0.1, 0.15) is 0 Å². The van der Waals surface area contributed by atoms with Gasteiger partial charge in [-0.3, -0.25) is 0 Å². The molecule has 0 aromatic heterocycles. The van der Waals surface area contributed by atoms with Gasteiger partial charge in [0.2, 0.25) is 0 Å². The van der Waals surface area contributed by atoms with Crippen LogP contribution < -0.4 is 4.90 Å². The molecule has 0 amide bonds. The smallest absolute Gasteiger partial charge is 0.0750 e. The molecule has 1 aromatic rings. The first-order valence-corrected chi connectivity index (χ1v) is 6.88. The van der Waals surface area contributed by atoms with Gasteiger partial charge in [-0.05, 0) is 31.9 Å². The molecule has 0 aliphatic carbocycles. The third-order valence-electron chi connectivity index (χ3n) is 3.39. The van der Waals surface area contributed by atoms with E-state index in [2.05, 4.69) is 11.8 Å². The number of aliphatic hydroxyl groups is 1. The predicted octanol–water partition coefficient (Wildman–Crippen LogP) is 2.84. The van der Waals surface area contributed by atoms with Crippen molar-refractivity contribution in [3.8, 4) is 0 Å². The second-order valence-electron chi connectivity index (χ2n) is 4.60. The van der Waals surface area contributed by atoms with Crippen molar-refractivity contribution in [2.75, 3.05) is 24.6 Å². The van der Waals surface area contributed by atoms with E-state index in [0.717, 1.165) is 43.8 Å². The molecule has 1 aliphatic rings. The molecular weight excluding hydrogens is 250 g/mol. The maximum absolute atomic E-state index is 9.41. The number of benzene rings is 1. The van der Waals surface area contributed by atoms with Crippen molar-refractivity contribution in [3.05, 3.63) is 28.8 Å². The van der Waals surface area contributed by atoms with Gasteiger partial charge in [0.15, 0.2) is 0 Å². The van der Waals surface area contributed by atoms with Gasteiger partial charge in [0.05, 0.1) is 12.7 Å². The number of ether oxygens (including phenoxy) is 1. The molecule has 2 rings (SSSR count). The topological polar surface area (TPSA) is 32.7 Å². The molecule has 1 aliphatic heterocycles. The summed E-state index contributed by atoms with van der Waals surface area (Å²) in [5.74, 6) is 0. The first-order valence-electron chi connectivity index (χ1n) is 6.50. The Morgan fingerprint density at radius 1 is 1.50 bits per heavy atom. The van der Waals surface area contributed by atoms with E-state index in [0.29, 0.717) is 11.1 Å². The Labute approximate surface area is 113 Å². The first-order chi connectivity index (χ1) is 8.74. The molecule has 0 radical (unpaired) electrons. The van der Waals surface area contributed by atoms with E-state index in [1.807, 2.05) is 18.2 Å². The lowest BCUT2D eigenvalue weighted by molar-refractivity contribution is 0.115. The van der Waals surface area contributed by atoms with Crippen LogP contribution in [-0.2, 0) is 11.3 Å². The van der Waals surface area contributed by atoms with Crippen LogP contribution in [0.25, 0.3) is 0 Å². The van der Waals surface area contributed by atoms with Crippen molar-refractivity contribution in [1.29, 1.82) is 0 Å². The van der Waals surface area contributed by atoms with E-state index in [9.17, 15) is 5.11 Å². The van der Waals surface area contributed by atoms with Crippen LogP contribution >= 0.6 is 11.6 Å². The highest BCUT2D eigenvalue weighted by atomic mass is 35.5. The van der Waals surface area contributed by atoms with Gasteiger partial charge in [-0.1, -0.05) is 17.7 Å². The Kier molecular flexibility index (Phi) is 4.87. The van der Waals surface area contributed by atoms with Gasteiger partial charge in [-0.2, -0.15) is 0 Å². The minimum absolute atomic E-state index is 0.0362. The quantitative estimate of drug-likeness (QED) is 0.892. The molecule has 1 fully saturated rings. The molecule has 1 N–H and O–H groups in total. The molecule has 1 saturated heterocycles. The SMILES string of the molecule is CCN(CC1CCCO1)c1cc(Cl)ccc1CO. The van der Waals surface area contributed by atoms with Crippen LogP contribution in [-0.4, -0.2) is 30.9 Å². The summed E-state index contributed by atoms with van der Waals surface area (Å²) in [6.07, 6.45) is 2.56. The average Bonchev–Trinajstić information content (AvgIpc) is 2.88. The molecule has 100 valence electrons. The second kappa shape index (κ2) is 6.41. The molecule has 0 spiro atoms. The molecule has 1 atom stereocenters. The Morgan fingerprint density at radius 3 is 2.94 bits per heavy atom. The van der Waals surface area contributed by atoms with Gasteiger partial charge in [-0.25, -0.2) is 0 Å². The monoisotopic (exact) mass is 269 g/mol. The number of rotatable bonds is 5. The zero-order valence-electron chi connectivity index (χ0n) is 10.7. The Morgan fingerprint density at radius 2 is 2.33 bits per heavy atom. The second-order valence-corrected chi connectivity index (χ2v) is 5.04. The summed E-state index contributed by atoms with van der Waals surface area (Å²) in [7, 11) is 0. The third-order valence-corrected chi connectivity index (χ3v) is 3.62. The van der Waals surface area contributed by atoms with Gasteiger partial charge in [0, 0.05) is 36.0 Å². The molecule has 1 unspecified atom stereocenters. The maximum atomic E-state index is 9.41. The summed E-state index contributed by atoms with van der Waals surface area (Å²) >= 11 is 6.05. The zero-order valence-corrected chi connectivity index (χ0v) is 11.5. The molecule has 0 bridgehead atoms. The minimum atomic E-state index is 0.0362. The number of anilines is 1. The van der Waals surface area contributed by atoms with Crippen LogP contribution in [0.5, 0.6) is 0 Å². The predicted molar refractivity (Wildman–Crippen MR) is 74.2 cm³/mol. The van der Waals surface area contributed by atoms with Crippen LogP contribution in [0.3, 0.4) is 0 Å². The minimum Gasteiger partial charge on any atom is -0.392 e. The normalized spacial score (nSPS) is 19.2. The van der Waals surface area contributed by atoms with Gasteiger partial charge in [-0.15, -0.1) is 0 Å². The number of halogens is 1. The number of hydrogen-bond acceptors (Lipinski definition) is 3. The fourth-order valence-electron chi connectivity index (χ4n) is 2.40. The lowest BCUT2D eigenvalue weighted by Crippen LogP contribution is -2.32. The third kappa shape index (κ3) is 3.16. The number of nitrogens with zero attached hydrogens (tertiary/aromatic N) is 1. The van der Waals surface area contributed by atoms with E-state index in [4.69, 9.17) is 16.3 Å². The summed E-state index contributed by atoms with van der Waals surface area (Å²) in [5.41, 5.74) is 1.93. The van der Waals surface area contributed by atoms with Gasteiger partial charge >= 0.3 is 0 Å². The number of aliphatic hydroxyl groups excluding tert-OH is 1. The lowest BCUT2D eigenvalue weighted by Gasteiger charge is -2.28. The molecule has 0 saturated carbocycles. The van der Waals surface area contributed by atoms with E-state index < -0.39 is 0 Å². The average molecular weight is 270 g/mol. The standard InChI is InChI=1S/C14H20ClNO2/c1-2-16(9-13-4-3-7-18-13)14-8-12(15)6-5-11(14)10-17/h5-6,8,13,17H,2-4,7,9-10H2,1H3. The molecule has 4 heteroatoms. The van der Waals surface area contributed by atoms with E-state index in [-0.39, 0.29) is 6.61 Å². The van der Waals surface area contributed by atoms with Crippen molar-refractivity contribution >= 4 is 17.3 Å². The number of likely N-dealkylation sites (N-methyl/N-ethyl adjacent to an activating group) is 1. The molecule has 1 heterocycles. The summed E-state index contributed by atoms with van der Waals surface area (Å²) in [6, 6.07) is 5.62. The summed E-state index contributed by atoms with van der Waals surface area (Å²) < 4.78 is 5.67. The van der Waals surface area contributed by atoms with Crippen molar-refractivity contribution < 1.29 is 9.84 Å². The van der Waals surface area contributed by atoms with E-state index >= 15 is 0 Å². The molecular formula is C14H20ClNO2. The highest BCUT2D eigenvalue weighted by Gasteiger charge is 2.20. The summed E-state index contributed by atoms with van der Waals surface area (Å²) in [6.45, 7) is 4.76. The lowest BCUT2D eigenvalue weighted by atomic mass is 10.1. The van der Waals surface area contributed by atoms with Crippen molar-refractivity contribution in [2.24, 2.45) is 0 Å². The van der Waals surface area contributed by atoms with Crippen molar-refractivity contribution in [2.45, 2.75) is 32.5 Å². The molecule has 18 heavy (non-hydrogen) atoms. The Hall–Kier alpha value is -0.770. The van der Waals surface area contributed by atoms with Crippen LogP contribution in [0.2, 0.25) is 5.02 Å². The van der Waals surface area contributed by atoms with Crippen LogP contribution in [0.15, 0.2) is 18.2 Å². The summed E-state index contributed by atoms with van der Waals surface area (Å²) in [5, 5.41) is 10.1. The first kappa shape index (κ1) is 13.7. The summed E-state index contributed by atoms with van der Waals surface area (Å²) in [4.78, 5) is 2.23. The zero-order chi connectivity index (χ0) is 13.0. The fraction of sp³-hybridized carbons (Fsp3) is 0.571. The number of hydrogen-bond donors (Lipinski definition) is 1.